The van der Waals surface area contributed by atoms with Gasteiger partial charge in [-0.2, -0.15) is 0 Å². The van der Waals surface area contributed by atoms with Crippen LogP contribution in [0.3, 0.4) is 0 Å². The molecule has 4 heteroatoms. The van der Waals surface area contributed by atoms with Crippen molar-refractivity contribution in [1.29, 1.82) is 0 Å². The van der Waals surface area contributed by atoms with Crippen LogP contribution >= 0.6 is 0 Å². The molecule has 0 aliphatic rings. The van der Waals surface area contributed by atoms with Crippen molar-refractivity contribution < 1.29 is 19.1 Å². The summed E-state index contributed by atoms with van der Waals surface area (Å²) >= 11 is 0. The van der Waals surface area contributed by atoms with Crippen molar-refractivity contribution in [2.24, 2.45) is 5.41 Å². The van der Waals surface area contributed by atoms with Gasteiger partial charge in [-0.15, -0.1) is 0 Å². The van der Waals surface area contributed by atoms with E-state index in [1.54, 1.807) is 0 Å². The van der Waals surface area contributed by atoms with Crippen LogP contribution < -0.4 is 0 Å². The van der Waals surface area contributed by atoms with E-state index in [2.05, 4.69) is 6.92 Å². The number of ether oxygens (including phenoxy) is 2. The van der Waals surface area contributed by atoms with Gasteiger partial charge in [0.25, 0.3) is 0 Å². The molecule has 0 N–H and O–H groups in total. The highest BCUT2D eigenvalue weighted by molar-refractivity contribution is 5.70. The first-order valence-electron chi connectivity index (χ1n) is 7.16. The minimum absolute atomic E-state index is 0.00125. The molecular weight excluding hydrogens is 244 g/mol. The zero-order valence-corrected chi connectivity index (χ0v) is 12.8. The van der Waals surface area contributed by atoms with Gasteiger partial charge in [-0.05, 0) is 24.7 Å². The SMILES string of the molecule is CCCCOC(=O)CCCCC(=O)OCC(C)(C)C. The first-order valence-corrected chi connectivity index (χ1v) is 7.16. The summed E-state index contributed by atoms with van der Waals surface area (Å²) in [6, 6.07) is 0. The van der Waals surface area contributed by atoms with Crippen LogP contribution in [-0.4, -0.2) is 25.2 Å². The smallest absolute Gasteiger partial charge is 0.305 e. The van der Waals surface area contributed by atoms with Crippen molar-refractivity contribution in [1.82, 2.24) is 0 Å². The van der Waals surface area contributed by atoms with E-state index in [4.69, 9.17) is 9.47 Å². The lowest BCUT2D eigenvalue weighted by Gasteiger charge is -2.17. The van der Waals surface area contributed by atoms with Crippen LogP contribution in [0.15, 0.2) is 0 Å². The fourth-order valence-electron chi connectivity index (χ4n) is 1.31. The van der Waals surface area contributed by atoms with Gasteiger partial charge in [-0.3, -0.25) is 9.59 Å². The van der Waals surface area contributed by atoms with Crippen molar-refractivity contribution in [3.63, 3.8) is 0 Å². The molecule has 0 rings (SSSR count). The third-order valence-electron chi connectivity index (χ3n) is 2.44. The summed E-state index contributed by atoms with van der Waals surface area (Å²) < 4.78 is 10.2. The Kier molecular flexibility index (Phi) is 9.27. The normalized spacial score (nSPS) is 11.2. The Hall–Kier alpha value is -1.06. The highest BCUT2D eigenvalue weighted by Crippen LogP contribution is 2.13. The number of unbranched alkanes of at least 4 members (excludes halogenated alkanes) is 2. The lowest BCUT2D eigenvalue weighted by Crippen LogP contribution is -2.18. The number of rotatable bonds is 9. The number of hydrogen-bond donors (Lipinski definition) is 0. The Labute approximate surface area is 116 Å². The van der Waals surface area contributed by atoms with Crippen LogP contribution in [0.4, 0.5) is 0 Å². The van der Waals surface area contributed by atoms with E-state index in [-0.39, 0.29) is 17.4 Å². The summed E-state index contributed by atoms with van der Waals surface area (Å²) in [5, 5.41) is 0. The second-order valence-electron chi connectivity index (χ2n) is 6.00. The Morgan fingerprint density at radius 3 is 1.89 bits per heavy atom. The first kappa shape index (κ1) is 17.9. The summed E-state index contributed by atoms with van der Waals surface area (Å²) in [5.74, 6) is -0.356. The highest BCUT2D eigenvalue weighted by atomic mass is 16.5. The second kappa shape index (κ2) is 9.82. The lowest BCUT2D eigenvalue weighted by atomic mass is 9.99. The summed E-state index contributed by atoms with van der Waals surface area (Å²) in [5.41, 5.74) is -0.00125. The lowest BCUT2D eigenvalue weighted by molar-refractivity contribution is -0.147. The number of carbonyl (C=O) groups excluding carboxylic acids is 2. The predicted octanol–water partition coefficient (Wildman–Crippen LogP) is 3.48. The molecule has 0 spiro atoms. The maximum atomic E-state index is 11.4. The van der Waals surface area contributed by atoms with E-state index < -0.39 is 0 Å². The van der Waals surface area contributed by atoms with Gasteiger partial charge in [0, 0.05) is 12.8 Å². The summed E-state index contributed by atoms with van der Waals surface area (Å²) in [6.07, 6.45) is 4.04. The molecule has 0 aliphatic carbocycles. The molecule has 0 fully saturated rings. The van der Waals surface area contributed by atoms with E-state index in [9.17, 15) is 9.59 Å². The van der Waals surface area contributed by atoms with Crippen molar-refractivity contribution >= 4 is 11.9 Å². The molecule has 19 heavy (non-hydrogen) atoms. The average molecular weight is 272 g/mol. The van der Waals surface area contributed by atoms with Crippen LogP contribution in [-0.2, 0) is 19.1 Å². The van der Waals surface area contributed by atoms with Gasteiger partial charge in [0.1, 0.15) is 0 Å². The fourth-order valence-corrected chi connectivity index (χ4v) is 1.31. The van der Waals surface area contributed by atoms with E-state index in [1.165, 1.54) is 0 Å². The van der Waals surface area contributed by atoms with E-state index in [0.717, 1.165) is 12.8 Å². The van der Waals surface area contributed by atoms with E-state index in [1.807, 2.05) is 20.8 Å². The van der Waals surface area contributed by atoms with E-state index in [0.29, 0.717) is 38.9 Å². The van der Waals surface area contributed by atoms with Crippen molar-refractivity contribution in [2.75, 3.05) is 13.2 Å². The van der Waals surface area contributed by atoms with Crippen molar-refractivity contribution in [2.45, 2.75) is 66.2 Å². The molecule has 0 aromatic heterocycles. The summed E-state index contributed by atoms with van der Waals surface area (Å²) in [6.45, 7) is 9.05. The second-order valence-corrected chi connectivity index (χ2v) is 6.00. The van der Waals surface area contributed by atoms with Gasteiger partial charge in [0.05, 0.1) is 13.2 Å². The first-order chi connectivity index (χ1) is 8.85. The molecule has 0 saturated carbocycles. The molecule has 0 aromatic carbocycles. The Morgan fingerprint density at radius 2 is 1.42 bits per heavy atom. The van der Waals surface area contributed by atoms with Crippen LogP contribution in [0.2, 0.25) is 0 Å². The zero-order valence-electron chi connectivity index (χ0n) is 12.8. The Bertz CT molecular complexity index is 266. The van der Waals surface area contributed by atoms with Gasteiger partial charge in [-0.1, -0.05) is 34.1 Å². The molecule has 112 valence electrons. The van der Waals surface area contributed by atoms with Gasteiger partial charge >= 0.3 is 11.9 Å². The molecule has 0 bridgehead atoms. The van der Waals surface area contributed by atoms with Crippen LogP contribution in [0.5, 0.6) is 0 Å². The maximum absolute atomic E-state index is 11.4. The molecule has 0 amide bonds. The monoisotopic (exact) mass is 272 g/mol. The minimum atomic E-state index is -0.186. The molecule has 4 nitrogen and oxygen atoms in total. The largest absolute Gasteiger partial charge is 0.466 e. The molecule has 0 aliphatic heterocycles. The molecule has 0 saturated heterocycles. The van der Waals surface area contributed by atoms with Gasteiger partial charge in [0.2, 0.25) is 0 Å². The Balaban J connectivity index is 3.48. The van der Waals surface area contributed by atoms with Crippen molar-refractivity contribution in [3.05, 3.63) is 0 Å². The highest BCUT2D eigenvalue weighted by Gasteiger charge is 2.13. The molecule has 0 aromatic rings. The third-order valence-corrected chi connectivity index (χ3v) is 2.44. The van der Waals surface area contributed by atoms with Gasteiger partial charge < -0.3 is 9.47 Å². The number of esters is 2. The Morgan fingerprint density at radius 1 is 0.895 bits per heavy atom. The zero-order chi connectivity index (χ0) is 14.7. The van der Waals surface area contributed by atoms with Crippen LogP contribution in [0, 0.1) is 5.41 Å². The summed E-state index contributed by atoms with van der Waals surface area (Å²) in [4.78, 5) is 22.7. The molecule has 0 atom stereocenters. The van der Waals surface area contributed by atoms with Gasteiger partial charge in [-0.25, -0.2) is 0 Å². The van der Waals surface area contributed by atoms with E-state index >= 15 is 0 Å². The fraction of sp³-hybridized carbons (Fsp3) is 0.867. The maximum Gasteiger partial charge on any atom is 0.305 e. The quantitative estimate of drug-likeness (QED) is 0.476. The molecular formula is C15H28O4. The van der Waals surface area contributed by atoms with Gasteiger partial charge in [0.15, 0.2) is 0 Å². The molecule has 0 radical (unpaired) electrons. The topological polar surface area (TPSA) is 52.6 Å². The average Bonchev–Trinajstić information content (AvgIpc) is 2.31. The van der Waals surface area contributed by atoms with Crippen LogP contribution in [0.1, 0.15) is 66.2 Å². The third kappa shape index (κ3) is 13.2. The molecule has 0 heterocycles. The minimum Gasteiger partial charge on any atom is -0.466 e. The van der Waals surface area contributed by atoms with Crippen LogP contribution in [0.25, 0.3) is 0 Å². The number of hydrogen-bond acceptors (Lipinski definition) is 4. The molecule has 0 unspecified atom stereocenters. The number of carbonyl (C=O) groups is 2. The summed E-state index contributed by atoms with van der Waals surface area (Å²) in [7, 11) is 0. The standard InChI is InChI=1S/C15H28O4/c1-5-6-11-18-13(16)9-7-8-10-14(17)19-12-15(2,3)4/h5-12H2,1-4H3. The predicted molar refractivity (Wildman–Crippen MR) is 74.7 cm³/mol. The van der Waals surface area contributed by atoms with Crippen molar-refractivity contribution in [3.8, 4) is 0 Å².